The van der Waals surface area contributed by atoms with Gasteiger partial charge in [0, 0.05) is 6.07 Å². The van der Waals surface area contributed by atoms with Crippen molar-refractivity contribution in [3.63, 3.8) is 0 Å². The Balaban J connectivity index is 2.28. The lowest BCUT2D eigenvalue weighted by molar-refractivity contribution is -0.155. The topological polar surface area (TPSA) is 75.4 Å². The number of carbonyl (C=O) groups is 2. The fourth-order valence-corrected chi connectivity index (χ4v) is 2.58. The van der Waals surface area contributed by atoms with Gasteiger partial charge in [0.1, 0.15) is 11.6 Å². The molecule has 1 aliphatic heterocycles. The zero-order valence-corrected chi connectivity index (χ0v) is 12.4. The van der Waals surface area contributed by atoms with Crippen molar-refractivity contribution in [1.29, 1.82) is 0 Å². The Morgan fingerprint density at radius 3 is 2.55 bits per heavy atom. The summed E-state index contributed by atoms with van der Waals surface area (Å²) >= 11 is 0. The maximum Gasteiger partial charge on any atom is 0.249 e. The van der Waals surface area contributed by atoms with Gasteiger partial charge in [-0.1, -0.05) is 19.0 Å². The second-order valence-corrected chi connectivity index (χ2v) is 5.32. The van der Waals surface area contributed by atoms with Crippen molar-refractivity contribution in [2.24, 2.45) is 0 Å². The van der Waals surface area contributed by atoms with Crippen molar-refractivity contribution < 1.29 is 14.1 Å². The molecule has 1 aromatic heterocycles. The number of aromatic nitrogens is 1. The molecule has 0 aromatic carbocycles. The van der Waals surface area contributed by atoms with E-state index in [0.29, 0.717) is 18.6 Å². The number of aryl methyl sites for hydroxylation is 1. The monoisotopic (exact) mass is 279 g/mol. The lowest BCUT2D eigenvalue weighted by atomic mass is 9.87. The van der Waals surface area contributed by atoms with Gasteiger partial charge in [-0.05, 0) is 26.7 Å². The first-order valence-corrected chi connectivity index (χ1v) is 6.98. The van der Waals surface area contributed by atoms with Gasteiger partial charge in [0.15, 0.2) is 5.76 Å². The van der Waals surface area contributed by atoms with E-state index in [4.69, 9.17) is 4.52 Å². The van der Waals surface area contributed by atoms with Crippen molar-refractivity contribution in [3.8, 4) is 0 Å². The standard InChI is InChI=1S/C14H21N3O3/c1-5-14(6-2)13(19)17(10(4)12(18)15-14)8-11-7-9(3)16-20-11/h7,10H,5-6,8H2,1-4H3,(H,15,18). The fourth-order valence-electron chi connectivity index (χ4n) is 2.58. The molecule has 1 N–H and O–H groups in total. The first kappa shape index (κ1) is 14.6. The Morgan fingerprint density at radius 1 is 1.40 bits per heavy atom. The van der Waals surface area contributed by atoms with Gasteiger partial charge in [0.05, 0.1) is 12.2 Å². The molecule has 6 heteroatoms. The van der Waals surface area contributed by atoms with Crippen LogP contribution in [0.5, 0.6) is 0 Å². The number of hydrogen-bond donors (Lipinski definition) is 1. The van der Waals surface area contributed by atoms with E-state index >= 15 is 0 Å². The van der Waals surface area contributed by atoms with Crippen LogP contribution in [-0.2, 0) is 16.1 Å². The van der Waals surface area contributed by atoms with Crippen LogP contribution in [-0.4, -0.2) is 33.5 Å². The third kappa shape index (κ3) is 2.30. The summed E-state index contributed by atoms with van der Waals surface area (Å²) in [5.41, 5.74) is -0.0302. The van der Waals surface area contributed by atoms with Gasteiger partial charge < -0.3 is 14.7 Å². The zero-order chi connectivity index (χ0) is 14.9. The van der Waals surface area contributed by atoms with Gasteiger partial charge in [0.25, 0.3) is 0 Å². The number of nitrogens with zero attached hydrogens (tertiary/aromatic N) is 2. The van der Waals surface area contributed by atoms with Crippen LogP contribution in [0.4, 0.5) is 0 Å². The van der Waals surface area contributed by atoms with Crippen molar-refractivity contribution in [3.05, 3.63) is 17.5 Å². The molecule has 1 unspecified atom stereocenters. The first-order valence-electron chi connectivity index (χ1n) is 6.98. The largest absolute Gasteiger partial charge is 0.359 e. The van der Waals surface area contributed by atoms with E-state index in [9.17, 15) is 9.59 Å². The molecule has 6 nitrogen and oxygen atoms in total. The van der Waals surface area contributed by atoms with Crippen LogP contribution >= 0.6 is 0 Å². The molecular weight excluding hydrogens is 258 g/mol. The lowest BCUT2D eigenvalue weighted by Crippen LogP contribution is -2.69. The van der Waals surface area contributed by atoms with Gasteiger partial charge in [-0.3, -0.25) is 9.59 Å². The van der Waals surface area contributed by atoms with Gasteiger partial charge in [-0.2, -0.15) is 0 Å². The molecule has 1 aliphatic rings. The average Bonchev–Trinajstić information content (AvgIpc) is 2.84. The Labute approximate surface area is 118 Å². The third-order valence-corrected chi connectivity index (χ3v) is 4.09. The van der Waals surface area contributed by atoms with Gasteiger partial charge in [-0.15, -0.1) is 0 Å². The van der Waals surface area contributed by atoms with Crippen LogP contribution in [0.3, 0.4) is 0 Å². The lowest BCUT2D eigenvalue weighted by Gasteiger charge is -2.44. The van der Waals surface area contributed by atoms with Crippen molar-refractivity contribution in [1.82, 2.24) is 15.4 Å². The molecule has 0 radical (unpaired) electrons. The number of amides is 2. The molecule has 1 atom stereocenters. The minimum absolute atomic E-state index is 0.0522. The third-order valence-electron chi connectivity index (χ3n) is 4.09. The summed E-state index contributed by atoms with van der Waals surface area (Å²) in [5, 5.41) is 6.69. The number of nitrogens with one attached hydrogen (secondary N) is 1. The summed E-state index contributed by atoms with van der Waals surface area (Å²) in [4.78, 5) is 26.4. The molecule has 0 bridgehead atoms. The molecule has 0 aliphatic carbocycles. The summed E-state index contributed by atoms with van der Waals surface area (Å²) in [6.07, 6.45) is 1.15. The van der Waals surface area contributed by atoms with E-state index < -0.39 is 11.6 Å². The molecule has 1 saturated heterocycles. The Bertz CT molecular complexity index is 519. The minimum Gasteiger partial charge on any atom is -0.359 e. The second kappa shape index (κ2) is 5.26. The molecule has 2 rings (SSSR count). The molecule has 20 heavy (non-hydrogen) atoms. The van der Waals surface area contributed by atoms with Gasteiger partial charge in [-0.25, -0.2) is 0 Å². The highest BCUT2D eigenvalue weighted by Crippen LogP contribution is 2.26. The van der Waals surface area contributed by atoms with E-state index in [-0.39, 0.29) is 18.4 Å². The number of piperazine rings is 1. The van der Waals surface area contributed by atoms with E-state index in [1.165, 1.54) is 0 Å². The van der Waals surface area contributed by atoms with Crippen LogP contribution < -0.4 is 5.32 Å². The van der Waals surface area contributed by atoms with Gasteiger partial charge in [0.2, 0.25) is 11.8 Å². The summed E-state index contributed by atoms with van der Waals surface area (Å²) in [6.45, 7) is 7.65. The Hall–Kier alpha value is -1.85. The average molecular weight is 279 g/mol. The van der Waals surface area contributed by atoms with E-state index in [2.05, 4.69) is 10.5 Å². The molecule has 0 saturated carbocycles. The fraction of sp³-hybridized carbons (Fsp3) is 0.643. The molecular formula is C14H21N3O3. The molecule has 110 valence electrons. The summed E-state index contributed by atoms with van der Waals surface area (Å²) in [7, 11) is 0. The smallest absolute Gasteiger partial charge is 0.249 e. The predicted octanol–water partition coefficient (Wildman–Crippen LogP) is 1.39. The van der Waals surface area contributed by atoms with E-state index in [1.807, 2.05) is 20.8 Å². The maximum absolute atomic E-state index is 12.7. The first-order chi connectivity index (χ1) is 9.43. The molecule has 0 spiro atoms. The Morgan fingerprint density at radius 2 is 2.05 bits per heavy atom. The van der Waals surface area contributed by atoms with Crippen molar-refractivity contribution in [2.75, 3.05) is 0 Å². The highest BCUT2D eigenvalue weighted by Gasteiger charge is 2.47. The summed E-state index contributed by atoms with van der Waals surface area (Å²) < 4.78 is 5.16. The van der Waals surface area contributed by atoms with Gasteiger partial charge >= 0.3 is 0 Å². The highest BCUT2D eigenvalue weighted by atomic mass is 16.5. The van der Waals surface area contributed by atoms with Crippen LogP contribution in [0, 0.1) is 6.92 Å². The molecule has 2 amide bonds. The van der Waals surface area contributed by atoms with E-state index in [0.717, 1.165) is 5.69 Å². The van der Waals surface area contributed by atoms with Crippen LogP contribution in [0.2, 0.25) is 0 Å². The molecule has 1 aromatic rings. The summed E-state index contributed by atoms with van der Waals surface area (Å²) in [5.74, 6) is 0.423. The number of rotatable bonds is 4. The SMILES string of the molecule is CCC1(CC)NC(=O)C(C)N(Cc2cc(C)no2)C1=O. The Kier molecular flexibility index (Phi) is 3.83. The van der Waals surface area contributed by atoms with Crippen LogP contribution in [0.1, 0.15) is 45.1 Å². The van der Waals surface area contributed by atoms with Crippen LogP contribution in [0.25, 0.3) is 0 Å². The van der Waals surface area contributed by atoms with Crippen LogP contribution in [0.15, 0.2) is 10.6 Å². The van der Waals surface area contributed by atoms with E-state index in [1.54, 1.807) is 17.9 Å². The quantitative estimate of drug-likeness (QED) is 0.903. The normalized spacial score (nSPS) is 22.0. The number of carbonyl (C=O) groups excluding carboxylic acids is 2. The minimum atomic E-state index is -0.793. The predicted molar refractivity (Wildman–Crippen MR) is 72.7 cm³/mol. The molecule has 2 heterocycles. The maximum atomic E-state index is 12.7. The highest BCUT2D eigenvalue weighted by molar-refractivity contribution is 5.99. The summed E-state index contributed by atoms with van der Waals surface area (Å²) in [6, 6.07) is 1.28. The second-order valence-electron chi connectivity index (χ2n) is 5.32. The van der Waals surface area contributed by atoms with Crippen molar-refractivity contribution in [2.45, 2.75) is 58.7 Å². The zero-order valence-electron chi connectivity index (χ0n) is 12.4. The van der Waals surface area contributed by atoms with Crippen molar-refractivity contribution >= 4 is 11.8 Å². The number of hydrogen-bond acceptors (Lipinski definition) is 4. The molecule has 1 fully saturated rings.